The number of carbonyl (C=O) groups excluding carboxylic acids is 2. The van der Waals surface area contributed by atoms with Crippen LogP contribution in [0.25, 0.3) is 0 Å². The molecule has 21 heavy (non-hydrogen) atoms. The third kappa shape index (κ3) is 4.33. The number of carboxylic acid groups (broad SMARTS) is 1. The SMILES string of the molecule is CC(CN(C)C(=O)C1CCC(C(F)(F)F)NC1=O)C(=O)O. The Balaban J connectivity index is 2.64. The van der Waals surface area contributed by atoms with Gasteiger partial charge in [0.1, 0.15) is 12.0 Å². The summed E-state index contributed by atoms with van der Waals surface area (Å²) < 4.78 is 37.5. The standard InChI is InChI=1S/C12H17F3N2O4/c1-6(11(20)21)5-17(2)10(19)7-3-4-8(12(13,14)15)16-9(7)18/h6-8H,3-5H2,1-2H3,(H,16,18)(H,20,21). The minimum absolute atomic E-state index is 0.110. The Bertz CT molecular complexity index is 439. The van der Waals surface area contributed by atoms with Crippen LogP contribution in [-0.4, -0.2) is 53.6 Å². The number of carbonyl (C=O) groups is 3. The Kier molecular flexibility index (Phi) is 5.19. The Morgan fingerprint density at radius 1 is 1.43 bits per heavy atom. The molecule has 0 saturated carbocycles. The fraction of sp³-hybridized carbons (Fsp3) is 0.750. The molecule has 1 rings (SSSR count). The number of hydrogen-bond donors (Lipinski definition) is 2. The first kappa shape index (κ1) is 17.3. The van der Waals surface area contributed by atoms with Crippen LogP contribution in [0.2, 0.25) is 0 Å². The van der Waals surface area contributed by atoms with E-state index in [1.54, 1.807) is 5.32 Å². The smallest absolute Gasteiger partial charge is 0.408 e. The number of alkyl halides is 3. The van der Waals surface area contributed by atoms with Gasteiger partial charge in [-0.2, -0.15) is 13.2 Å². The summed E-state index contributed by atoms with van der Waals surface area (Å²) in [4.78, 5) is 35.4. The maximum Gasteiger partial charge on any atom is 0.408 e. The summed E-state index contributed by atoms with van der Waals surface area (Å²) in [7, 11) is 1.32. The molecule has 0 bridgehead atoms. The van der Waals surface area contributed by atoms with Crippen LogP contribution in [0, 0.1) is 11.8 Å². The Hall–Kier alpha value is -1.80. The molecule has 1 fully saturated rings. The highest BCUT2D eigenvalue weighted by atomic mass is 19.4. The molecule has 120 valence electrons. The number of hydrogen-bond acceptors (Lipinski definition) is 3. The molecule has 1 saturated heterocycles. The fourth-order valence-corrected chi connectivity index (χ4v) is 2.13. The minimum Gasteiger partial charge on any atom is -0.481 e. The average Bonchev–Trinajstić information content (AvgIpc) is 2.36. The van der Waals surface area contributed by atoms with E-state index in [0.717, 1.165) is 4.90 Å². The summed E-state index contributed by atoms with van der Waals surface area (Å²) in [5.41, 5.74) is 0. The van der Waals surface area contributed by atoms with Gasteiger partial charge in [0.25, 0.3) is 0 Å². The highest BCUT2D eigenvalue weighted by molar-refractivity contribution is 6.00. The molecule has 0 aromatic carbocycles. The molecule has 3 atom stereocenters. The van der Waals surface area contributed by atoms with Crippen LogP contribution < -0.4 is 5.32 Å². The van der Waals surface area contributed by atoms with Crippen LogP contribution in [0.4, 0.5) is 13.2 Å². The highest BCUT2D eigenvalue weighted by Gasteiger charge is 2.46. The fourth-order valence-electron chi connectivity index (χ4n) is 2.13. The van der Waals surface area contributed by atoms with Gasteiger partial charge in [-0.15, -0.1) is 0 Å². The second-order valence-electron chi connectivity index (χ2n) is 5.19. The molecule has 6 nitrogen and oxygen atoms in total. The van der Waals surface area contributed by atoms with Crippen molar-refractivity contribution in [3.8, 4) is 0 Å². The van der Waals surface area contributed by atoms with Gasteiger partial charge in [-0.05, 0) is 12.8 Å². The van der Waals surface area contributed by atoms with Crippen molar-refractivity contribution >= 4 is 17.8 Å². The first-order valence-electron chi connectivity index (χ1n) is 6.39. The zero-order valence-electron chi connectivity index (χ0n) is 11.6. The lowest BCUT2D eigenvalue weighted by molar-refractivity contribution is -0.172. The van der Waals surface area contributed by atoms with E-state index in [0.29, 0.717) is 0 Å². The summed E-state index contributed by atoms with van der Waals surface area (Å²) in [6, 6.07) is -1.93. The van der Waals surface area contributed by atoms with Crippen LogP contribution in [0.15, 0.2) is 0 Å². The molecule has 0 aromatic heterocycles. The van der Waals surface area contributed by atoms with Crippen LogP contribution in [0.1, 0.15) is 19.8 Å². The summed E-state index contributed by atoms with van der Waals surface area (Å²) in [5, 5.41) is 10.5. The average molecular weight is 310 g/mol. The van der Waals surface area contributed by atoms with E-state index in [1.165, 1.54) is 14.0 Å². The van der Waals surface area contributed by atoms with Crippen LogP contribution >= 0.6 is 0 Å². The number of carboxylic acids is 1. The Morgan fingerprint density at radius 3 is 2.43 bits per heavy atom. The molecule has 3 unspecified atom stereocenters. The lowest BCUT2D eigenvalue weighted by Gasteiger charge is -2.32. The number of nitrogens with zero attached hydrogens (tertiary/aromatic N) is 1. The normalized spacial score (nSPS) is 24.1. The van der Waals surface area contributed by atoms with Crippen LogP contribution in [-0.2, 0) is 14.4 Å². The molecule has 0 radical (unpaired) electrons. The number of amides is 2. The molecule has 1 aliphatic rings. The Morgan fingerprint density at radius 2 is 2.00 bits per heavy atom. The second kappa shape index (κ2) is 6.31. The van der Waals surface area contributed by atoms with Crippen molar-refractivity contribution in [2.45, 2.75) is 32.0 Å². The lowest BCUT2D eigenvalue weighted by atomic mass is 9.92. The molecule has 2 N–H and O–H groups in total. The minimum atomic E-state index is -4.53. The zero-order valence-corrected chi connectivity index (χ0v) is 11.6. The first-order valence-corrected chi connectivity index (χ1v) is 6.39. The van der Waals surface area contributed by atoms with Gasteiger partial charge in [-0.25, -0.2) is 0 Å². The van der Waals surface area contributed by atoms with E-state index >= 15 is 0 Å². The van der Waals surface area contributed by atoms with Crippen molar-refractivity contribution in [3.05, 3.63) is 0 Å². The molecule has 0 aromatic rings. The van der Waals surface area contributed by atoms with E-state index in [1.807, 2.05) is 0 Å². The summed E-state index contributed by atoms with van der Waals surface area (Å²) in [5.74, 6) is -4.76. The molecule has 0 spiro atoms. The van der Waals surface area contributed by atoms with Crippen molar-refractivity contribution in [2.75, 3.05) is 13.6 Å². The van der Waals surface area contributed by atoms with Crippen molar-refractivity contribution in [2.24, 2.45) is 11.8 Å². The predicted molar refractivity (Wildman–Crippen MR) is 65.1 cm³/mol. The van der Waals surface area contributed by atoms with Gasteiger partial charge >= 0.3 is 12.1 Å². The summed E-state index contributed by atoms with van der Waals surface area (Å²) in [6.07, 6.45) is -5.11. The van der Waals surface area contributed by atoms with Crippen LogP contribution in [0.3, 0.4) is 0 Å². The number of rotatable bonds is 4. The molecular weight excluding hydrogens is 293 g/mol. The third-order valence-electron chi connectivity index (χ3n) is 3.42. The molecule has 0 aliphatic carbocycles. The Labute approximate surface area is 119 Å². The second-order valence-corrected chi connectivity index (χ2v) is 5.19. The number of halogens is 3. The topological polar surface area (TPSA) is 86.7 Å². The van der Waals surface area contributed by atoms with Gasteiger partial charge < -0.3 is 15.3 Å². The molecule has 2 amide bonds. The third-order valence-corrected chi connectivity index (χ3v) is 3.42. The van der Waals surface area contributed by atoms with Gasteiger partial charge in [-0.1, -0.05) is 6.92 Å². The molecular formula is C12H17F3N2O4. The maximum absolute atomic E-state index is 12.5. The van der Waals surface area contributed by atoms with Crippen molar-refractivity contribution < 1.29 is 32.7 Å². The van der Waals surface area contributed by atoms with E-state index in [-0.39, 0.29) is 19.4 Å². The van der Waals surface area contributed by atoms with Gasteiger partial charge in [-0.3, -0.25) is 14.4 Å². The zero-order chi connectivity index (χ0) is 16.4. The van der Waals surface area contributed by atoms with Crippen molar-refractivity contribution in [3.63, 3.8) is 0 Å². The van der Waals surface area contributed by atoms with Crippen molar-refractivity contribution in [1.82, 2.24) is 10.2 Å². The van der Waals surface area contributed by atoms with E-state index in [4.69, 9.17) is 5.11 Å². The number of nitrogens with one attached hydrogen (secondary N) is 1. The first-order chi connectivity index (χ1) is 9.54. The van der Waals surface area contributed by atoms with Gasteiger partial charge in [0.2, 0.25) is 11.8 Å². The molecule has 1 heterocycles. The summed E-state index contributed by atoms with van der Waals surface area (Å²) >= 11 is 0. The molecule has 9 heteroatoms. The number of piperidine rings is 1. The largest absolute Gasteiger partial charge is 0.481 e. The van der Waals surface area contributed by atoms with Gasteiger partial charge in [0.05, 0.1) is 5.92 Å². The monoisotopic (exact) mass is 310 g/mol. The van der Waals surface area contributed by atoms with Gasteiger partial charge in [0.15, 0.2) is 0 Å². The highest BCUT2D eigenvalue weighted by Crippen LogP contribution is 2.29. The molecule has 1 aliphatic heterocycles. The van der Waals surface area contributed by atoms with E-state index in [9.17, 15) is 27.6 Å². The van der Waals surface area contributed by atoms with E-state index in [2.05, 4.69) is 0 Å². The lowest BCUT2D eigenvalue weighted by Crippen LogP contribution is -2.55. The summed E-state index contributed by atoms with van der Waals surface area (Å²) in [6.45, 7) is 1.29. The maximum atomic E-state index is 12.5. The number of aliphatic carboxylic acids is 1. The van der Waals surface area contributed by atoms with Crippen LogP contribution in [0.5, 0.6) is 0 Å². The van der Waals surface area contributed by atoms with Gasteiger partial charge in [0, 0.05) is 13.6 Å². The quantitative estimate of drug-likeness (QED) is 0.745. The predicted octanol–water partition coefficient (Wildman–Crippen LogP) is 0.623. The van der Waals surface area contributed by atoms with E-state index < -0.39 is 41.8 Å². The van der Waals surface area contributed by atoms with Crippen molar-refractivity contribution in [1.29, 1.82) is 0 Å².